The van der Waals surface area contributed by atoms with Crippen molar-refractivity contribution in [1.82, 2.24) is 23.3 Å². The van der Waals surface area contributed by atoms with Crippen molar-refractivity contribution in [3.63, 3.8) is 0 Å². The second kappa shape index (κ2) is 7.66. The van der Waals surface area contributed by atoms with E-state index in [1.807, 2.05) is 6.07 Å². The second-order valence-electron chi connectivity index (χ2n) is 7.55. The predicted molar refractivity (Wildman–Crippen MR) is 99.0 cm³/mol. The first-order valence-corrected chi connectivity index (χ1v) is 10.8. The molecule has 146 valence electrons. The van der Waals surface area contributed by atoms with Crippen LogP contribution >= 0.6 is 0 Å². The number of nitrogens with zero attached hydrogens (tertiary/aromatic N) is 5. The van der Waals surface area contributed by atoms with Gasteiger partial charge in [0.05, 0.1) is 5.69 Å². The van der Waals surface area contributed by atoms with Crippen LogP contribution in [0.3, 0.4) is 0 Å². The highest BCUT2D eigenvalue weighted by Gasteiger charge is 2.35. The number of hydrogen-bond acceptors (Lipinski definition) is 4. The molecule has 2 saturated heterocycles. The first kappa shape index (κ1) is 19.3. The highest BCUT2D eigenvalue weighted by molar-refractivity contribution is 7.86. The minimum Gasteiger partial charge on any atom is -0.335 e. The minimum atomic E-state index is -3.38. The lowest BCUT2D eigenvalue weighted by molar-refractivity contribution is 0.0683. The van der Waals surface area contributed by atoms with E-state index in [2.05, 4.69) is 18.9 Å². The molecule has 0 spiro atoms. The van der Waals surface area contributed by atoms with E-state index in [4.69, 9.17) is 0 Å². The van der Waals surface area contributed by atoms with Gasteiger partial charge in [0.25, 0.3) is 16.1 Å². The van der Waals surface area contributed by atoms with E-state index in [1.165, 1.54) is 4.31 Å². The largest absolute Gasteiger partial charge is 0.335 e. The normalized spacial score (nSPS) is 20.2. The van der Waals surface area contributed by atoms with Crippen LogP contribution in [0.15, 0.2) is 6.07 Å². The molecule has 3 heterocycles. The van der Waals surface area contributed by atoms with Crippen LogP contribution in [0.25, 0.3) is 0 Å². The summed E-state index contributed by atoms with van der Waals surface area (Å²) in [6.45, 7) is 6.98. The fourth-order valence-electron chi connectivity index (χ4n) is 3.61. The van der Waals surface area contributed by atoms with Crippen molar-refractivity contribution < 1.29 is 13.2 Å². The van der Waals surface area contributed by atoms with E-state index in [0.29, 0.717) is 50.9 Å². The Morgan fingerprint density at radius 1 is 1.08 bits per heavy atom. The average molecular weight is 384 g/mol. The number of aromatic nitrogens is 2. The third-order valence-electron chi connectivity index (χ3n) is 5.01. The van der Waals surface area contributed by atoms with Crippen molar-refractivity contribution in [2.24, 2.45) is 13.0 Å². The molecule has 2 fully saturated rings. The molecular formula is C17H29N5O3S. The molecule has 8 nitrogen and oxygen atoms in total. The molecule has 0 atom stereocenters. The van der Waals surface area contributed by atoms with E-state index in [0.717, 1.165) is 25.0 Å². The van der Waals surface area contributed by atoms with Crippen LogP contribution in [0.5, 0.6) is 0 Å². The van der Waals surface area contributed by atoms with Crippen molar-refractivity contribution in [2.75, 3.05) is 39.3 Å². The Bertz CT molecular complexity index is 744. The fourth-order valence-corrected chi connectivity index (χ4v) is 5.28. The van der Waals surface area contributed by atoms with Crippen LogP contribution < -0.4 is 0 Å². The molecule has 0 saturated carbocycles. The Balaban J connectivity index is 1.63. The second-order valence-corrected chi connectivity index (χ2v) is 9.48. The molecule has 3 rings (SSSR count). The van der Waals surface area contributed by atoms with Crippen LogP contribution in [-0.4, -0.2) is 76.9 Å². The van der Waals surface area contributed by atoms with Crippen LogP contribution in [0.4, 0.5) is 0 Å². The lowest BCUT2D eigenvalue weighted by Crippen LogP contribution is -2.53. The van der Waals surface area contributed by atoms with Gasteiger partial charge in [0, 0.05) is 46.3 Å². The smallest absolute Gasteiger partial charge is 0.282 e. The van der Waals surface area contributed by atoms with Crippen LogP contribution in [-0.2, 0) is 23.7 Å². The highest BCUT2D eigenvalue weighted by atomic mass is 32.2. The zero-order valence-corrected chi connectivity index (χ0v) is 16.7. The number of carbonyl (C=O) groups is 1. The molecule has 1 amide bonds. The molecule has 0 aromatic carbocycles. The summed E-state index contributed by atoms with van der Waals surface area (Å²) in [7, 11) is -1.60. The Labute approximate surface area is 155 Å². The van der Waals surface area contributed by atoms with Crippen LogP contribution in [0.1, 0.15) is 42.9 Å². The van der Waals surface area contributed by atoms with Gasteiger partial charge in [0.15, 0.2) is 0 Å². The molecule has 0 N–H and O–H groups in total. The molecule has 0 unspecified atom stereocenters. The number of piperazine rings is 1. The van der Waals surface area contributed by atoms with Gasteiger partial charge in [0.2, 0.25) is 0 Å². The monoisotopic (exact) mass is 383 g/mol. The topological polar surface area (TPSA) is 78.8 Å². The van der Waals surface area contributed by atoms with Crippen LogP contribution in [0.2, 0.25) is 0 Å². The van der Waals surface area contributed by atoms with Crippen molar-refractivity contribution in [3.05, 3.63) is 17.5 Å². The van der Waals surface area contributed by atoms with Gasteiger partial charge < -0.3 is 4.90 Å². The summed E-state index contributed by atoms with van der Waals surface area (Å²) >= 11 is 0. The maximum absolute atomic E-state index is 12.8. The van der Waals surface area contributed by atoms with Gasteiger partial charge in [-0.1, -0.05) is 13.8 Å². The fraction of sp³-hybridized carbons (Fsp3) is 0.765. The Morgan fingerprint density at radius 2 is 1.65 bits per heavy atom. The molecule has 0 bridgehead atoms. The van der Waals surface area contributed by atoms with Crippen molar-refractivity contribution in [3.8, 4) is 0 Å². The van der Waals surface area contributed by atoms with Crippen LogP contribution in [0, 0.1) is 5.92 Å². The molecule has 9 heteroatoms. The predicted octanol–water partition coefficient (Wildman–Crippen LogP) is 0.717. The van der Waals surface area contributed by atoms with Gasteiger partial charge >= 0.3 is 0 Å². The standard InChI is InChI=1S/C17H29N5O3S/c1-14(2)12-15-13-16(19(3)18-15)17(23)20-8-10-22(11-9-20)26(24,25)21-6-4-5-7-21/h13-14H,4-12H2,1-3H3. The van der Waals surface area contributed by atoms with Crippen molar-refractivity contribution >= 4 is 16.1 Å². The van der Waals surface area contributed by atoms with E-state index < -0.39 is 10.2 Å². The number of hydrogen-bond donors (Lipinski definition) is 0. The summed E-state index contributed by atoms with van der Waals surface area (Å²) in [5.41, 5.74) is 1.48. The number of carbonyl (C=O) groups excluding carboxylic acids is 1. The van der Waals surface area contributed by atoms with Gasteiger partial charge in [0.1, 0.15) is 5.69 Å². The number of amides is 1. The van der Waals surface area contributed by atoms with E-state index in [1.54, 1.807) is 20.9 Å². The maximum Gasteiger partial charge on any atom is 0.282 e. The van der Waals surface area contributed by atoms with Crippen molar-refractivity contribution in [2.45, 2.75) is 33.1 Å². The molecular weight excluding hydrogens is 354 g/mol. The lowest BCUT2D eigenvalue weighted by Gasteiger charge is -2.35. The van der Waals surface area contributed by atoms with E-state index in [-0.39, 0.29) is 5.91 Å². The van der Waals surface area contributed by atoms with Gasteiger partial charge in [-0.3, -0.25) is 9.48 Å². The molecule has 2 aliphatic rings. The Hall–Kier alpha value is -1.45. The SMILES string of the molecule is CC(C)Cc1cc(C(=O)N2CCN(S(=O)(=O)N3CCCC3)CC2)n(C)n1. The van der Waals surface area contributed by atoms with E-state index >= 15 is 0 Å². The quantitative estimate of drug-likeness (QED) is 0.750. The maximum atomic E-state index is 12.8. The van der Waals surface area contributed by atoms with Gasteiger partial charge in [-0.05, 0) is 31.2 Å². The molecule has 2 aliphatic heterocycles. The van der Waals surface area contributed by atoms with Gasteiger partial charge in [-0.15, -0.1) is 0 Å². The first-order valence-electron chi connectivity index (χ1n) is 9.36. The summed E-state index contributed by atoms with van der Waals surface area (Å²) in [6, 6.07) is 1.86. The van der Waals surface area contributed by atoms with Crippen molar-refractivity contribution in [1.29, 1.82) is 0 Å². The summed E-state index contributed by atoms with van der Waals surface area (Å²) in [6.07, 6.45) is 2.69. The molecule has 1 aromatic heterocycles. The average Bonchev–Trinajstić information content (AvgIpc) is 3.24. The van der Waals surface area contributed by atoms with Gasteiger partial charge in [-0.2, -0.15) is 22.1 Å². The third-order valence-corrected chi connectivity index (χ3v) is 7.05. The summed E-state index contributed by atoms with van der Waals surface area (Å²) in [5.74, 6) is 0.403. The summed E-state index contributed by atoms with van der Waals surface area (Å²) in [4.78, 5) is 14.5. The summed E-state index contributed by atoms with van der Waals surface area (Å²) in [5, 5.41) is 4.43. The highest BCUT2D eigenvalue weighted by Crippen LogP contribution is 2.19. The molecule has 26 heavy (non-hydrogen) atoms. The Kier molecular flexibility index (Phi) is 5.69. The number of rotatable bonds is 5. The van der Waals surface area contributed by atoms with E-state index in [9.17, 15) is 13.2 Å². The zero-order valence-electron chi connectivity index (χ0n) is 15.9. The Morgan fingerprint density at radius 3 is 2.23 bits per heavy atom. The number of aryl methyl sites for hydroxylation is 1. The minimum absolute atomic E-state index is 0.0757. The molecule has 0 radical (unpaired) electrons. The first-order chi connectivity index (χ1) is 12.3. The van der Waals surface area contributed by atoms with Gasteiger partial charge in [-0.25, -0.2) is 0 Å². The summed E-state index contributed by atoms with van der Waals surface area (Å²) < 4.78 is 30.0. The third kappa shape index (κ3) is 3.94. The lowest BCUT2D eigenvalue weighted by atomic mass is 10.1. The molecule has 1 aromatic rings. The zero-order chi connectivity index (χ0) is 18.9. The molecule has 0 aliphatic carbocycles.